The van der Waals surface area contributed by atoms with Gasteiger partial charge in [-0.05, 0) is 95.5 Å². The first-order valence-electron chi connectivity index (χ1n) is 13.7. The second kappa shape index (κ2) is 14.6. The van der Waals surface area contributed by atoms with Gasteiger partial charge in [-0.1, -0.05) is 60.7 Å². The van der Waals surface area contributed by atoms with Gasteiger partial charge in [0.05, 0.1) is 0 Å². The SMILES string of the molecule is C[Si](O[Si](C)O[Si](C)(C)C)O[Si](C)O[Si](C)(C)O[Si](C)(C)O[Si](O[Si](C)(C)C)(c1ccccc1)c1ccccc1. The van der Waals surface area contributed by atoms with Crippen LogP contribution in [0.2, 0.25) is 85.1 Å². The van der Waals surface area contributed by atoms with Gasteiger partial charge in [0, 0.05) is 0 Å². The Morgan fingerprint density at radius 2 is 0.875 bits per heavy atom. The third-order valence-corrected chi connectivity index (χ3v) is 29.2. The van der Waals surface area contributed by atoms with Gasteiger partial charge >= 0.3 is 53.5 Å². The molecule has 0 heterocycles. The predicted octanol–water partition coefficient (Wildman–Crippen LogP) is 5.79. The Hall–Kier alpha value is -0.105. The van der Waals surface area contributed by atoms with Crippen LogP contribution in [0.4, 0.5) is 0 Å². The number of hydrogen-bond donors (Lipinski definition) is 0. The first kappa shape index (κ1) is 36.1. The van der Waals surface area contributed by atoms with E-state index in [1.165, 1.54) is 0 Å². The molecule has 0 fully saturated rings. The molecule has 0 aromatic heterocycles. The standard InChI is InChI=1S/C25H49O7Si8/c1-33(26-34(2)28-36(4,5)6)27-35(3)29-38(10,11)31-39(12,13)32-40(30-37(7,8)9,24-20-16-14-17-21-24)25-22-18-15-19-23-25/h14-23H,1-13H3. The maximum atomic E-state index is 7.24. The molecule has 0 aliphatic carbocycles. The van der Waals surface area contributed by atoms with Crippen molar-refractivity contribution in [2.75, 3.05) is 0 Å². The highest BCUT2D eigenvalue weighted by molar-refractivity contribution is 7.02. The van der Waals surface area contributed by atoms with Crippen molar-refractivity contribution in [3.05, 3.63) is 60.7 Å². The average Bonchev–Trinajstić information content (AvgIpc) is 2.75. The van der Waals surface area contributed by atoms with Crippen molar-refractivity contribution < 1.29 is 28.8 Å². The fourth-order valence-corrected chi connectivity index (χ4v) is 31.5. The maximum Gasteiger partial charge on any atom is 0.388 e. The molecule has 0 saturated carbocycles. The molecule has 0 spiro atoms. The van der Waals surface area contributed by atoms with E-state index in [2.05, 4.69) is 114 Å². The van der Waals surface area contributed by atoms with Gasteiger partial charge in [0.25, 0.3) is 0 Å². The Labute approximate surface area is 254 Å². The topological polar surface area (TPSA) is 64.6 Å². The first-order chi connectivity index (χ1) is 18.2. The zero-order chi connectivity index (χ0) is 30.4. The summed E-state index contributed by atoms with van der Waals surface area (Å²) in [7, 11) is -16.6. The smallest absolute Gasteiger partial charge is 0.388 e. The molecule has 2 rings (SSSR count). The molecule has 0 bridgehead atoms. The van der Waals surface area contributed by atoms with Crippen molar-refractivity contribution in [2.24, 2.45) is 0 Å². The van der Waals surface area contributed by atoms with Crippen LogP contribution in [-0.4, -0.2) is 70.2 Å². The van der Waals surface area contributed by atoms with Crippen molar-refractivity contribution in [1.29, 1.82) is 0 Å². The maximum absolute atomic E-state index is 7.24. The average molecular weight is 686 g/mol. The van der Waals surface area contributed by atoms with Gasteiger partial charge in [0.15, 0.2) is 16.6 Å². The van der Waals surface area contributed by atoms with E-state index in [1.54, 1.807) is 0 Å². The van der Waals surface area contributed by atoms with Crippen LogP contribution in [0.1, 0.15) is 0 Å². The number of hydrogen-bond acceptors (Lipinski definition) is 7. The van der Waals surface area contributed by atoms with Gasteiger partial charge in [-0.15, -0.1) is 0 Å². The molecular formula is C25H49O7Si8. The van der Waals surface area contributed by atoms with Crippen LogP contribution >= 0.6 is 0 Å². The Morgan fingerprint density at radius 3 is 1.27 bits per heavy atom. The lowest BCUT2D eigenvalue weighted by molar-refractivity contribution is 0.289. The summed E-state index contributed by atoms with van der Waals surface area (Å²) in [5, 5.41) is 2.18. The van der Waals surface area contributed by atoms with Crippen molar-refractivity contribution >= 4 is 80.5 Å². The quantitative estimate of drug-likeness (QED) is 0.208. The van der Waals surface area contributed by atoms with Gasteiger partial charge in [-0.25, -0.2) is 0 Å². The summed E-state index contributed by atoms with van der Waals surface area (Å²) in [6.07, 6.45) is 0. The molecule has 15 heteroatoms. The molecular weight excluding hydrogens is 637 g/mol. The molecule has 0 aliphatic rings. The van der Waals surface area contributed by atoms with Gasteiger partial charge < -0.3 is 28.8 Å². The zero-order valence-electron chi connectivity index (χ0n) is 26.6. The molecule has 0 unspecified atom stereocenters. The molecule has 0 aliphatic heterocycles. The number of benzene rings is 2. The van der Waals surface area contributed by atoms with Crippen LogP contribution in [-0.2, 0) is 28.8 Å². The van der Waals surface area contributed by atoms with E-state index in [0.29, 0.717) is 0 Å². The van der Waals surface area contributed by atoms with Crippen LogP contribution in [0.15, 0.2) is 60.7 Å². The summed E-state index contributed by atoms with van der Waals surface area (Å²) in [5.41, 5.74) is 0. The molecule has 223 valence electrons. The van der Waals surface area contributed by atoms with Crippen molar-refractivity contribution in [1.82, 2.24) is 0 Å². The minimum absolute atomic E-state index is 1.09. The van der Waals surface area contributed by atoms with Crippen LogP contribution < -0.4 is 10.4 Å². The van der Waals surface area contributed by atoms with Gasteiger partial charge in [0.1, 0.15) is 0 Å². The number of rotatable bonds is 16. The van der Waals surface area contributed by atoms with Crippen molar-refractivity contribution in [2.45, 2.75) is 85.1 Å². The third-order valence-electron chi connectivity index (χ3n) is 5.05. The molecule has 3 radical (unpaired) electrons. The minimum Gasteiger partial charge on any atom is -0.436 e. The Bertz CT molecular complexity index is 993. The summed E-state index contributed by atoms with van der Waals surface area (Å²) < 4.78 is 46.2. The molecule has 40 heavy (non-hydrogen) atoms. The van der Waals surface area contributed by atoms with E-state index in [9.17, 15) is 0 Å². The normalized spacial score (nSPS) is 14.0. The Morgan fingerprint density at radius 1 is 0.450 bits per heavy atom. The monoisotopic (exact) mass is 685 g/mol. The van der Waals surface area contributed by atoms with E-state index < -0.39 is 70.2 Å². The van der Waals surface area contributed by atoms with Crippen LogP contribution in [0, 0.1) is 0 Å². The lowest BCUT2D eigenvalue weighted by Gasteiger charge is -2.43. The van der Waals surface area contributed by atoms with Crippen molar-refractivity contribution in [3.63, 3.8) is 0 Å². The second-order valence-corrected chi connectivity index (χ2v) is 37.7. The van der Waals surface area contributed by atoms with E-state index in [4.69, 9.17) is 28.8 Å². The van der Waals surface area contributed by atoms with E-state index in [-0.39, 0.29) is 0 Å². The molecule has 0 saturated heterocycles. The lowest BCUT2D eigenvalue weighted by atomic mass is 10.4. The summed E-state index contributed by atoms with van der Waals surface area (Å²) in [4.78, 5) is 0. The van der Waals surface area contributed by atoms with E-state index in [0.717, 1.165) is 10.4 Å². The summed E-state index contributed by atoms with van der Waals surface area (Å²) >= 11 is 0. The highest BCUT2D eigenvalue weighted by Gasteiger charge is 2.52. The first-order valence-corrected chi connectivity index (χ1v) is 33.4. The van der Waals surface area contributed by atoms with Gasteiger partial charge in [-0.2, -0.15) is 0 Å². The van der Waals surface area contributed by atoms with Crippen LogP contribution in [0.3, 0.4) is 0 Å². The fraction of sp³-hybridized carbons (Fsp3) is 0.520. The van der Waals surface area contributed by atoms with E-state index >= 15 is 0 Å². The van der Waals surface area contributed by atoms with Gasteiger partial charge in [-0.3, -0.25) is 0 Å². The highest BCUT2D eigenvalue weighted by atomic mass is 28.5. The van der Waals surface area contributed by atoms with Gasteiger partial charge in [0.2, 0.25) is 0 Å². The predicted molar refractivity (Wildman–Crippen MR) is 182 cm³/mol. The summed E-state index contributed by atoms with van der Waals surface area (Å²) in [5.74, 6) is 0. The lowest BCUT2D eigenvalue weighted by Crippen LogP contribution is -2.71. The fourth-order valence-electron chi connectivity index (χ4n) is 4.39. The Kier molecular flexibility index (Phi) is 13.2. The minimum atomic E-state index is -3.10. The third kappa shape index (κ3) is 12.6. The largest absolute Gasteiger partial charge is 0.436 e. The molecule has 2 aromatic carbocycles. The summed E-state index contributed by atoms with van der Waals surface area (Å²) in [6.45, 7) is 27.6. The van der Waals surface area contributed by atoms with Crippen molar-refractivity contribution in [3.8, 4) is 0 Å². The van der Waals surface area contributed by atoms with Crippen LogP contribution in [0.5, 0.6) is 0 Å². The molecule has 7 nitrogen and oxygen atoms in total. The molecule has 2 aromatic rings. The molecule has 0 atom stereocenters. The molecule has 0 N–H and O–H groups in total. The zero-order valence-corrected chi connectivity index (χ0v) is 34.6. The Balaban J connectivity index is 2.24. The highest BCUT2D eigenvalue weighted by Crippen LogP contribution is 2.25. The van der Waals surface area contributed by atoms with Crippen LogP contribution in [0.25, 0.3) is 0 Å². The summed E-state index contributed by atoms with van der Waals surface area (Å²) in [6, 6.07) is 20.8. The molecule has 0 amide bonds. The van der Waals surface area contributed by atoms with E-state index in [1.807, 2.05) is 31.8 Å². The second-order valence-electron chi connectivity index (χ2n) is 12.6.